The van der Waals surface area contributed by atoms with Gasteiger partial charge in [-0.25, -0.2) is 4.98 Å². The number of hydrogen-bond acceptors (Lipinski definition) is 5. The summed E-state index contributed by atoms with van der Waals surface area (Å²) in [5, 5.41) is 3.32. The Morgan fingerprint density at radius 2 is 1.70 bits per heavy atom. The van der Waals surface area contributed by atoms with E-state index in [1.807, 2.05) is 0 Å². The molecule has 1 heterocycles. The van der Waals surface area contributed by atoms with Crippen LogP contribution in [0.2, 0.25) is 0 Å². The second-order valence-corrected chi connectivity index (χ2v) is 7.09. The summed E-state index contributed by atoms with van der Waals surface area (Å²) in [5.41, 5.74) is 6.32. The van der Waals surface area contributed by atoms with Crippen molar-refractivity contribution in [2.24, 2.45) is 0 Å². The van der Waals surface area contributed by atoms with E-state index in [-0.39, 0.29) is 11.0 Å². The average molecular weight is 280 g/mol. The Kier molecular flexibility index (Phi) is 4.84. The molecule has 5 nitrogen and oxygen atoms in total. The molecule has 0 fully saturated rings. The smallest absolute Gasteiger partial charge is 0.242 e. The van der Waals surface area contributed by atoms with Crippen LogP contribution in [0.1, 0.15) is 60.7 Å². The van der Waals surface area contributed by atoms with E-state index >= 15 is 0 Å². The molecule has 0 aromatic carbocycles. The SMILES string of the molecule is CCCOc1nc(C(C)(C)C)nc(NC(C)(C)C)c1N. The first kappa shape index (κ1) is 16.5. The van der Waals surface area contributed by atoms with E-state index in [0.717, 1.165) is 12.2 Å². The molecular formula is C15H28N4O. The molecule has 0 aliphatic carbocycles. The summed E-state index contributed by atoms with van der Waals surface area (Å²) in [6.45, 7) is 15.1. The summed E-state index contributed by atoms with van der Waals surface area (Å²) < 4.78 is 5.66. The Balaban J connectivity index is 3.27. The highest BCUT2D eigenvalue weighted by atomic mass is 16.5. The first-order valence-electron chi connectivity index (χ1n) is 7.13. The summed E-state index contributed by atoms with van der Waals surface area (Å²) >= 11 is 0. The van der Waals surface area contributed by atoms with Gasteiger partial charge in [0.05, 0.1) is 6.61 Å². The fourth-order valence-corrected chi connectivity index (χ4v) is 1.54. The van der Waals surface area contributed by atoms with E-state index in [1.54, 1.807) is 0 Å². The van der Waals surface area contributed by atoms with E-state index < -0.39 is 0 Å². The lowest BCUT2D eigenvalue weighted by Gasteiger charge is -2.25. The van der Waals surface area contributed by atoms with Gasteiger partial charge in [0.25, 0.3) is 0 Å². The van der Waals surface area contributed by atoms with Crippen LogP contribution in [0.3, 0.4) is 0 Å². The molecule has 5 heteroatoms. The molecule has 0 saturated heterocycles. The normalized spacial score (nSPS) is 12.3. The molecule has 0 saturated carbocycles. The lowest BCUT2D eigenvalue weighted by atomic mass is 9.95. The second-order valence-electron chi connectivity index (χ2n) is 7.09. The van der Waals surface area contributed by atoms with Gasteiger partial charge in [-0.1, -0.05) is 27.7 Å². The van der Waals surface area contributed by atoms with Gasteiger partial charge in [-0.05, 0) is 27.2 Å². The molecular weight excluding hydrogens is 252 g/mol. The number of aromatic nitrogens is 2. The largest absolute Gasteiger partial charge is 0.476 e. The van der Waals surface area contributed by atoms with Crippen LogP contribution in [0.5, 0.6) is 5.88 Å². The van der Waals surface area contributed by atoms with E-state index in [4.69, 9.17) is 10.5 Å². The van der Waals surface area contributed by atoms with Crippen molar-refractivity contribution in [3.8, 4) is 5.88 Å². The van der Waals surface area contributed by atoms with Gasteiger partial charge in [0.1, 0.15) is 11.5 Å². The summed E-state index contributed by atoms with van der Waals surface area (Å²) in [4.78, 5) is 9.04. The van der Waals surface area contributed by atoms with Gasteiger partial charge in [-0.3, -0.25) is 0 Å². The lowest BCUT2D eigenvalue weighted by Crippen LogP contribution is -2.29. The Morgan fingerprint density at radius 3 is 2.15 bits per heavy atom. The standard InChI is InChI=1S/C15H28N4O/c1-8-9-20-12-10(16)11(19-15(5,6)7)17-13(18-12)14(2,3)4/h8-9,16H2,1-7H3,(H,17,18,19). The lowest BCUT2D eigenvalue weighted by molar-refractivity contribution is 0.303. The number of nitrogens with zero attached hydrogens (tertiary/aromatic N) is 2. The van der Waals surface area contributed by atoms with Crippen LogP contribution in [0.15, 0.2) is 0 Å². The summed E-state index contributed by atoms with van der Waals surface area (Å²) in [6, 6.07) is 0. The van der Waals surface area contributed by atoms with E-state index in [2.05, 4.69) is 63.8 Å². The first-order chi connectivity index (χ1) is 9.04. The van der Waals surface area contributed by atoms with Crippen molar-refractivity contribution in [2.45, 2.75) is 65.8 Å². The highest BCUT2D eigenvalue weighted by molar-refractivity contribution is 5.67. The summed E-state index contributed by atoms with van der Waals surface area (Å²) in [6.07, 6.45) is 0.913. The zero-order valence-electron chi connectivity index (χ0n) is 13.8. The zero-order chi connectivity index (χ0) is 15.6. The Bertz CT molecular complexity index is 458. The van der Waals surface area contributed by atoms with Crippen molar-refractivity contribution in [1.29, 1.82) is 0 Å². The Labute approximate surface area is 122 Å². The van der Waals surface area contributed by atoms with Crippen LogP contribution in [0.25, 0.3) is 0 Å². The average Bonchev–Trinajstić information content (AvgIpc) is 2.27. The summed E-state index contributed by atoms with van der Waals surface area (Å²) in [7, 11) is 0. The molecule has 1 aromatic heterocycles. The van der Waals surface area contributed by atoms with Gasteiger partial charge in [-0.15, -0.1) is 0 Å². The third-order valence-corrected chi connectivity index (χ3v) is 2.52. The molecule has 0 aliphatic rings. The minimum absolute atomic E-state index is 0.125. The van der Waals surface area contributed by atoms with E-state index in [0.29, 0.717) is 24.0 Å². The fraction of sp³-hybridized carbons (Fsp3) is 0.733. The molecule has 3 N–H and O–H groups in total. The number of hydrogen-bond donors (Lipinski definition) is 2. The molecule has 0 radical (unpaired) electrons. The van der Waals surface area contributed by atoms with Gasteiger partial charge in [0.2, 0.25) is 5.88 Å². The van der Waals surface area contributed by atoms with Crippen molar-refractivity contribution >= 4 is 11.5 Å². The Morgan fingerprint density at radius 1 is 1.10 bits per heavy atom. The Hall–Kier alpha value is -1.52. The van der Waals surface area contributed by atoms with E-state index in [9.17, 15) is 0 Å². The van der Waals surface area contributed by atoms with Crippen LogP contribution in [-0.4, -0.2) is 22.1 Å². The third kappa shape index (κ3) is 4.54. The minimum atomic E-state index is -0.160. The van der Waals surface area contributed by atoms with Gasteiger partial charge in [0, 0.05) is 11.0 Å². The molecule has 0 unspecified atom stereocenters. The molecule has 0 aliphatic heterocycles. The van der Waals surface area contributed by atoms with Crippen LogP contribution >= 0.6 is 0 Å². The topological polar surface area (TPSA) is 73.1 Å². The number of nitrogens with one attached hydrogen (secondary N) is 1. The van der Waals surface area contributed by atoms with Crippen LogP contribution in [-0.2, 0) is 5.41 Å². The quantitative estimate of drug-likeness (QED) is 0.884. The number of ether oxygens (including phenoxy) is 1. The molecule has 0 amide bonds. The van der Waals surface area contributed by atoms with Crippen molar-refractivity contribution in [2.75, 3.05) is 17.7 Å². The van der Waals surface area contributed by atoms with Crippen LogP contribution < -0.4 is 15.8 Å². The van der Waals surface area contributed by atoms with Crippen molar-refractivity contribution in [3.63, 3.8) is 0 Å². The molecule has 1 aromatic rings. The van der Waals surface area contributed by atoms with Crippen molar-refractivity contribution in [1.82, 2.24) is 9.97 Å². The minimum Gasteiger partial charge on any atom is -0.476 e. The molecule has 0 atom stereocenters. The van der Waals surface area contributed by atoms with E-state index in [1.165, 1.54) is 0 Å². The molecule has 20 heavy (non-hydrogen) atoms. The molecule has 1 rings (SSSR count). The fourth-order valence-electron chi connectivity index (χ4n) is 1.54. The van der Waals surface area contributed by atoms with Gasteiger partial charge in [0.15, 0.2) is 5.82 Å². The molecule has 0 spiro atoms. The van der Waals surface area contributed by atoms with Gasteiger partial charge in [-0.2, -0.15) is 4.98 Å². The maximum absolute atomic E-state index is 6.13. The predicted octanol–water partition coefficient (Wildman–Crippen LogP) is 3.36. The maximum atomic E-state index is 6.13. The number of nitrogens with two attached hydrogens (primary N) is 1. The second kappa shape index (κ2) is 5.85. The highest BCUT2D eigenvalue weighted by Crippen LogP contribution is 2.31. The number of rotatable bonds is 4. The third-order valence-electron chi connectivity index (χ3n) is 2.52. The molecule has 114 valence electrons. The molecule has 0 bridgehead atoms. The van der Waals surface area contributed by atoms with Gasteiger partial charge < -0.3 is 15.8 Å². The van der Waals surface area contributed by atoms with Crippen LogP contribution in [0, 0.1) is 0 Å². The predicted molar refractivity (Wildman–Crippen MR) is 84.3 cm³/mol. The highest BCUT2D eigenvalue weighted by Gasteiger charge is 2.24. The number of anilines is 2. The van der Waals surface area contributed by atoms with Crippen molar-refractivity contribution in [3.05, 3.63) is 5.82 Å². The first-order valence-corrected chi connectivity index (χ1v) is 7.13. The maximum Gasteiger partial charge on any atom is 0.242 e. The zero-order valence-corrected chi connectivity index (χ0v) is 13.8. The van der Waals surface area contributed by atoms with Crippen molar-refractivity contribution < 1.29 is 4.74 Å². The number of nitrogen functional groups attached to an aromatic ring is 1. The summed E-state index contributed by atoms with van der Waals surface area (Å²) in [5.74, 6) is 1.84. The van der Waals surface area contributed by atoms with Crippen LogP contribution in [0.4, 0.5) is 11.5 Å². The monoisotopic (exact) mass is 280 g/mol. The van der Waals surface area contributed by atoms with Gasteiger partial charge >= 0.3 is 0 Å².